The van der Waals surface area contributed by atoms with Crippen LogP contribution in [0.2, 0.25) is 0 Å². The molecule has 0 radical (unpaired) electrons. The zero-order valence-electron chi connectivity index (χ0n) is 16.0. The highest BCUT2D eigenvalue weighted by molar-refractivity contribution is 6.03. The molecule has 1 heterocycles. The van der Waals surface area contributed by atoms with Gasteiger partial charge in [-0.15, -0.1) is 0 Å². The Kier molecular flexibility index (Phi) is 5.37. The predicted molar refractivity (Wildman–Crippen MR) is 110 cm³/mol. The second-order valence-electron chi connectivity index (χ2n) is 6.71. The molecule has 6 nitrogen and oxygen atoms in total. The van der Waals surface area contributed by atoms with Crippen LogP contribution in [-0.4, -0.2) is 22.4 Å². The van der Waals surface area contributed by atoms with Gasteiger partial charge >= 0.3 is 0 Å². The Morgan fingerprint density at radius 1 is 0.966 bits per heavy atom. The standard InChI is InChI=1S/C22H21FN4O2/c1-2-29-17-12-10-15(11-13-17)24-21-20-18(4-3-5-19(20)28)26-22(27-21)25-16-8-6-14(23)7-9-16/h6-13H,2-5H2,1H3,(H2,24,25,26,27). The Hall–Kier alpha value is -3.48. The van der Waals surface area contributed by atoms with Crippen LogP contribution in [0.25, 0.3) is 0 Å². The number of anilines is 4. The highest BCUT2D eigenvalue weighted by Crippen LogP contribution is 2.30. The number of benzene rings is 2. The van der Waals surface area contributed by atoms with E-state index in [1.54, 1.807) is 12.1 Å². The van der Waals surface area contributed by atoms with Crippen molar-refractivity contribution in [2.75, 3.05) is 17.2 Å². The molecule has 0 fully saturated rings. The minimum Gasteiger partial charge on any atom is -0.494 e. The van der Waals surface area contributed by atoms with Crippen molar-refractivity contribution in [3.8, 4) is 5.75 Å². The van der Waals surface area contributed by atoms with Gasteiger partial charge in [0.15, 0.2) is 5.78 Å². The molecular formula is C22H21FN4O2. The fourth-order valence-corrected chi connectivity index (χ4v) is 3.27. The van der Waals surface area contributed by atoms with Crippen molar-refractivity contribution in [1.82, 2.24) is 9.97 Å². The molecule has 1 aliphatic carbocycles. The lowest BCUT2D eigenvalue weighted by Gasteiger charge is -2.19. The van der Waals surface area contributed by atoms with Gasteiger partial charge in [-0.25, -0.2) is 9.37 Å². The summed E-state index contributed by atoms with van der Waals surface area (Å²) in [5.74, 6) is 1.32. The molecule has 3 aromatic rings. The van der Waals surface area contributed by atoms with E-state index in [2.05, 4.69) is 20.6 Å². The first-order chi connectivity index (χ1) is 14.1. The molecule has 0 atom stereocenters. The average molecular weight is 392 g/mol. The van der Waals surface area contributed by atoms with Crippen molar-refractivity contribution in [2.24, 2.45) is 0 Å². The van der Waals surface area contributed by atoms with E-state index in [4.69, 9.17) is 4.74 Å². The maximum absolute atomic E-state index is 13.2. The van der Waals surface area contributed by atoms with Crippen LogP contribution in [0.15, 0.2) is 48.5 Å². The van der Waals surface area contributed by atoms with E-state index in [-0.39, 0.29) is 11.6 Å². The van der Waals surface area contributed by atoms with Gasteiger partial charge in [0, 0.05) is 17.8 Å². The summed E-state index contributed by atoms with van der Waals surface area (Å²) in [6, 6.07) is 13.4. The van der Waals surface area contributed by atoms with Gasteiger partial charge in [-0.2, -0.15) is 4.98 Å². The lowest BCUT2D eigenvalue weighted by molar-refractivity contribution is 0.0972. The van der Waals surface area contributed by atoms with Crippen molar-refractivity contribution in [3.63, 3.8) is 0 Å². The Balaban J connectivity index is 1.66. The van der Waals surface area contributed by atoms with Gasteiger partial charge in [-0.1, -0.05) is 0 Å². The largest absolute Gasteiger partial charge is 0.494 e. The van der Waals surface area contributed by atoms with Crippen molar-refractivity contribution in [1.29, 1.82) is 0 Å². The molecule has 4 rings (SSSR count). The summed E-state index contributed by atoms with van der Waals surface area (Å²) >= 11 is 0. The number of ether oxygens (including phenoxy) is 1. The molecule has 0 spiro atoms. The van der Waals surface area contributed by atoms with Crippen molar-refractivity contribution >= 4 is 28.9 Å². The van der Waals surface area contributed by atoms with Crippen LogP contribution in [0.5, 0.6) is 5.75 Å². The maximum atomic E-state index is 13.2. The Morgan fingerprint density at radius 3 is 2.38 bits per heavy atom. The molecule has 2 N–H and O–H groups in total. The van der Waals surface area contributed by atoms with E-state index in [0.29, 0.717) is 48.2 Å². The number of aryl methyl sites for hydroxylation is 1. The fraction of sp³-hybridized carbons (Fsp3) is 0.227. The molecule has 1 aliphatic rings. The number of carbonyl (C=O) groups is 1. The number of carbonyl (C=O) groups excluding carboxylic acids is 1. The normalized spacial score (nSPS) is 13.0. The smallest absolute Gasteiger partial charge is 0.229 e. The zero-order valence-corrected chi connectivity index (χ0v) is 16.0. The van der Waals surface area contributed by atoms with Gasteiger partial charge in [0.25, 0.3) is 0 Å². The minimum absolute atomic E-state index is 0.0352. The average Bonchev–Trinajstić information content (AvgIpc) is 2.71. The van der Waals surface area contributed by atoms with Crippen LogP contribution >= 0.6 is 0 Å². The second kappa shape index (κ2) is 8.26. The quantitative estimate of drug-likeness (QED) is 0.613. The molecular weight excluding hydrogens is 371 g/mol. The third-order valence-corrected chi connectivity index (χ3v) is 4.61. The third-order valence-electron chi connectivity index (χ3n) is 4.61. The van der Waals surface area contributed by atoms with Crippen LogP contribution < -0.4 is 15.4 Å². The number of fused-ring (bicyclic) bond motifs is 1. The number of Topliss-reactive ketones (excluding diaryl/α,β-unsaturated/α-hetero) is 1. The summed E-state index contributed by atoms with van der Waals surface area (Å²) in [4.78, 5) is 21.6. The molecule has 0 bridgehead atoms. The van der Waals surface area contributed by atoms with Crippen LogP contribution in [0.3, 0.4) is 0 Å². The van der Waals surface area contributed by atoms with Gasteiger partial charge in [-0.3, -0.25) is 4.79 Å². The Bertz CT molecular complexity index is 1020. The van der Waals surface area contributed by atoms with E-state index in [1.165, 1.54) is 12.1 Å². The van der Waals surface area contributed by atoms with Crippen molar-refractivity contribution in [3.05, 3.63) is 65.6 Å². The molecule has 29 heavy (non-hydrogen) atoms. The van der Waals surface area contributed by atoms with Gasteiger partial charge in [0.05, 0.1) is 17.9 Å². The second-order valence-corrected chi connectivity index (χ2v) is 6.71. The zero-order chi connectivity index (χ0) is 20.2. The van der Waals surface area contributed by atoms with Gasteiger partial charge in [-0.05, 0) is 68.3 Å². The molecule has 0 aliphatic heterocycles. The molecule has 148 valence electrons. The van der Waals surface area contributed by atoms with E-state index in [9.17, 15) is 9.18 Å². The number of rotatable bonds is 6. The first kappa shape index (κ1) is 18.9. The minimum atomic E-state index is -0.314. The maximum Gasteiger partial charge on any atom is 0.229 e. The van der Waals surface area contributed by atoms with Crippen molar-refractivity contribution in [2.45, 2.75) is 26.2 Å². The highest BCUT2D eigenvalue weighted by atomic mass is 19.1. The summed E-state index contributed by atoms with van der Waals surface area (Å²) in [7, 11) is 0. The third kappa shape index (κ3) is 4.34. The van der Waals surface area contributed by atoms with E-state index < -0.39 is 0 Å². The number of hydrogen-bond donors (Lipinski definition) is 2. The Morgan fingerprint density at radius 2 is 1.66 bits per heavy atom. The first-order valence-corrected chi connectivity index (χ1v) is 9.59. The van der Waals surface area contributed by atoms with Crippen LogP contribution in [0.4, 0.5) is 27.5 Å². The van der Waals surface area contributed by atoms with Crippen LogP contribution in [0, 0.1) is 5.82 Å². The molecule has 0 saturated carbocycles. The van der Waals surface area contributed by atoms with E-state index in [0.717, 1.165) is 17.9 Å². The monoisotopic (exact) mass is 392 g/mol. The summed E-state index contributed by atoms with van der Waals surface area (Å²) in [5.41, 5.74) is 2.71. The Labute approximate surface area is 168 Å². The SMILES string of the molecule is CCOc1ccc(Nc2nc(Nc3ccc(F)cc3)nc3c2C(=O)CCC3)cc1. The molecule has 1 aromatic heterocycles. The topological polar surface area (TPSA) is 76.1 Å². The van der Waals surface area contributed by atoms with Gasteiger partial charge in [0.2, 0.25) is 5.95 Å². The van der Waals surface area contributed by atoms with E-state index in [1.807, 2.05) is 31.2 Å². The molecule has 0 saturated heterocycles. The predicted octanol–water partition coefficient (Wildman–Crippen LogP) is 5.02. The number of halogens is 1. The first-order valence-electron chi connectivity index (χ1n) is 9.59. The lowest BCUT2D eigenvalue weighted by Crippen LogP contribution is -2.17. The van der Waals surface area contributed by atoms with Crippen LogP contribution in [-0.2, 0) is 6.42 Å². The molecule has 2 aromatic carbocycles. The molecule has 0 unspecified atom stereocenters. The summed E-state index contributed by atoms with van der Waals surface area (Å²) in [6.07, 6.45) is 1.96. The number of ketones is 1. The van der Waals surface area contributed by atoms with Gasteiger partial charge in [0.1, 0.15) is 17.4 Å². The summed E-state index contributed by atoms with van der Waals surface area (Å²) < 4.78 is 18.6. The number of nitrogens with zero attached hydrogens (tertiary/aromatic N) is 2. The van der Waals surface area contributed by atoms with Crippen molar-refractivity contribution < 1.29 is 13.9 Å². The fourth-order valence-electron chi connectivity index (χ4n) is 3.27. The van der Waals surface area contributed by atoms with Gasteiger partial charge < -0.3 is 15.4 Å². The van der Waals surface area contributed by atoms with E-state index >= 15 is 0 Å². The number of hydrogen-bond acceptors (Lipinski definition) is 6. The summed E-state index contributed by atoms with van der Waals surface area (Å²) in [5, 5.41) is 6.33. The molecule has 7 heteroatoms. The number of aromatic nitrogens is 2. The summed E-state index contributed by atoms with van der Waals surface area (Å²) in [6.45, 7) is 2.53. The number of nitrogens with one attached hydrogen (secondary N) is 2. The highest BCUT2D eigenvalue weighted by Gasteiger charge is 2.24. The molecule has 0 amide bonds. The lowest BCUT2D eigenvalue weighted by atomic mass is 9.95. The van der Waals surface area contributed by atoms with Crippen LogP contribution in [0.1, 0.15) is 35.8 Å².